The zero-order valence-electron chi connectivity index (χ0n) is 12.7. The van der Waals surface area contributed by atoms with Crippen molar-refractivity contribution in [3.63, 3.8) is 0 Å². The molecule has 4 aliphatic carbocycles. The van der Waals surface area contributed by atoms with Crippen molar-refractivity contribution >= 4 is 0 Å². The Morgan fingerprint density at radius 3 is 2.11 bits per heavy atom. The highest BCUT2D eigenvalue weighted by Gasteiger charge is 2.57. The van der Waals surface area contributed by atoms with E-state index in [1.807, 2.05) is 0 Å². The van der Waals surface area contributed by atoms with Crippen molar-refractivity contribution < 1.29 is 0 Å². The van der Waals surface area contributed by atoms with Crippen molar-refractivity contribution in [2.24, 2.45) is 40.7 Å². The molecule has 104 valence electrons. The second kappa shape index (κ2) is 3.98. The van der Waals surface area contributed by atoms with Gasteiger partial charge in [-0.3, -0.25) is 0 Å². The van der Waals surface area contributed by atoms with Gasteiger partial charge in [0.05, 0.1) is 0 Å². The van der Waals surface area contributed by atoms with Gasteiger partial charge in [0.25, 0.3) is 0 Å². The summed E-state index contributed by atoms with van der Waals surface area (Å²) in [4.78, 5) is 0. The van der Waals surface area contributed by atoms with Crippen LogP contribution in [0.1, 0.15) is 66.2 Å². The molecule has 0 aromatic rings. The Labute approximate surface area is 113 Å². The molecule has 0 saturated heterocycles. The molecule has 0 aromatic heterocycles. The van der Waals surface area contributed by atoms with Gasteiger partial charge in [-0.1, -0.05) is 13.8 Å². The van der Waals surface area contributed by atoms with Crippen LogP contribution in [0.3, 0.4) is 0 Å². The molecule has 4 bridgehead atoms. The molecule has 0 amide bonds. The predicted octanol–water partition coefficient (Wildman–Crippen LogP) is 4.21. The smallest absolute Gasteiger partial charge is 0.0131 e. The van der Waals surface area contributed by atoms with Crippen molar-refractivity contribution in [1.82, 2.24) is 0 Å². The van der Waals surface area contributed by atoms with Crippen molar-refractivity contribution in [2.45, 2.75) is 71.8 Å². The van der Waals surface area contributed by atoms with Crippen LogP contribution in [0.4, 0.5) is 0 Å². The largest absolute Gasteiger partial charge is 0.325 e. The molecule has 0 spiro atoms. The monoisotopic (exact) mass is 249 g/mol. The van der Waals surface area contributed by atoms with Gasteiger partial charge in [-0.05, 0) is 87.4 Å². The average Bonchev–Trinajstić information content (AvgIpc) is 2.09. The summed E-state index contributed by atoms with van der Waals surface area (Å²) in [5.41, 5.74) is 7.26. The molecule has 4 fully saturated rings. The Morgan fingerprint density at radius 1 is 1.11 bits per heavy atom. The summed E-state index contributed by atoms with van der Waals surface area (Å²) in [7, 11) is 0. The van der Waals surface area contributed by atoms with Gasteiger partial charge in [0.15, 0.2) is 0 Å². The number of nitrogens with two attached hydrogens (primary N) is 1. The number of rotatable bonds is 3. The normalized spacial score (nSPS) is 47.0. The molecule has 4 aliphatic rings. The summed E-state index contributed by atoms with van der Waals surface area (Å²) >= 11 is 0. The van der Waals surface area contributed by atoms with Gasteiger partial charge in [0, 0.05) is 5.54 Å². The maximum Gasteiger partial charge on any atom is 0.0131 e. The molecule has 2 atom stereocenters. The van der Waals surface area contributed by atoms with E-state index < -0.39 is 0 Å². The van der Waals surface area contributed by atoms with E-state index in [2.05, 4.69) is 27.7 Å². The summed E-state index contributed by atoms with van der Waals surface area (Å²) in [5.74, 6) is 4.59. The van der Waals surface area contributed by atoms with Gasteiger partial charge < -0.3 is 5.73 Å². The van der Waals surface area contributed by atoms with Gasteiger partial charge in [-0.2, -0.15) is 0 Å². The number of hydrogen-bond donors (Lipinski definition) is 1. The van der Waals surface area contributed by atoms with Crippen molar-refractivity contribution in [3.8, 4) is 0 Å². The van der Waals surface area contributed by atoms with Crippen LogP contribution < -0.4 is 5.73 Å². The Bertz CT molecular complexity index is 305. The third-order valence-electron chi connectivity index (χ3n) is 6.10. The number of hydrogen-bond acceptors (Lipinski definition) is 1. The summed E-state index contributed by atoms with van der Waals surface area (Å²) in [6, 6.07) is 0. The maximum absolute atomic E-state index is 6.51. The lowest BCUT2D eigenvalue weighted by molar-refractivity contribution is -0.120. The minimum atomic E-state index is 0.0433. The van der Waals surface area contributed by atoms with E-state index in [4.69, 9.17) is 5.73 Å². The first-order chi connectivity index (χ1) is 8.29. The fourth-order valence-electron chi connectivity index (χ4n) is 6.52. The highest BCUT2D eigenvalue weighted by atomic mass is 14.8. The molecule has 0 aliphatic heterocycles. The van der Waals surface area contributed by atoms with Gasteiger partial charge in [0.2, 0.25) is 0 Å². The Balaban J connectivity index is 1.84. The van der Waals surface area contributed by atoms with Gasteiger partial charge in [0.1, 0.15) is 0 Å². The lowest BCUT2D eigenvalue weighted by Gasteiger charge is -2.63. The van der Waals surface area contributed by atoms with Crippen LogP contribution in [0.25, 0.3) is 0 Å². The molecular formula is C17H31N. The van der Waals surface area contributed by atoms with E-state index in [9.17, 15) is 0 Å². The quantitative estimate of drug-likeness (QED) is 0.796. The SMILES string of the molecule is CC(C)CC12CC3CC(C1)C(C(C)(C)N)C(C3)C2. The van der Waals surface area contributed by atoms with Crippen LogP contribution in [0, 0.1) is 35.0 Å². The molecule has 4 rings (SSSR count). The zero-order valence-corrected chi connectivity index (χ0v) is 12.7. The van der Waals surface area contributed by atoms with Crippen LogP contribution in [-0.4, -0.2) is 5.54 Å². The molecule has 4 saturated carbocycles. The first kappa shape index (κ1) is 13.0. The average molecular weight is 249 g/mol. The standard InChI is InChI=1S/C17H31N/c1-11(2)7-17-8-12-5-13(9-17)15(16(3,4)18)14(6-12)10-17/h11-15H,5-10,18H2,1-4H3. The van der Waals surface area contributed by atoms with Crippen LogP contribution >= 0.6 is 0 Å². The highest BCUT2D eigenvalue weighted by Crippen LogP contribution is 2.65. The second-order valence-corrected chi connectivity index (χ2v) is 8.92. The van der Waals surface area contributed by atoms with E-state index in [-0.39, 0.29) is 5.54 Å². The van der Waals surface area contributed by atoms with E-state index in [1.165, 1.54) is 38.5 Å². The highest BCUT2D eigenvalue weighted by molar-refractivity contribution is 5.08. The molecule has 1 heteroatoms. The first-order valence-corrected chi connectivity index (χ1v) is 8.08. The predicted molar refractivity (Wildman–Crippen MR) is 77.2 cm³/mol. The Kier molecular flexibility index (Phi) is 2.86. The van der Waals surface area contributed by atoms with E-state index in [1.54, 1.807) is 0 Å². The lowest BCUT2D eigenvalue weighted by Crippen LogP contribution is -2.59. The van der Waals surface area contributed by atoms with Gasteiger partial charge in [-0.15, -0.1) is 0 Å². The fourth-order valence-corrected chi connectivity index (χ4v) is 6.52. The first-order valence-electron chi connectivity index (χ1n) is 8.08. The van der Waals surface area contributed by atoms with Crippen LogP contribution in [0.2, 0.25) is 0 Å². The van der Waals surface area contributed by atoms with E-state index in [0.717, 1.165) is 29.6 Å². The fraction of sp³-hybridized carbons (Fsp3) is 1.00. The molecule has 1 nitrogen and oxygen atoms in total. The molecule has 0 radical (unpaired) electrons. The summed E-state index contributed by atoms with van der Waals surface area (Å²) in [6.45, 7) is 9.36. The molecule has 2 unspecified atom stereocenters. The zero-order chi connectivity index (χ0) is 13.1. The van der Waals surface area contributed by atoms with Gasteiger partial charge >= 0.3 is 0 Å². The molecule has 2 N–H and O–H groups in total. The Hall–Kier alpha value is -0.0400. The summed E-state index contributed by atoms with van der Waals surface area (Å²) < 4.78 is 0. The lowest BCUT2D eigenvalue weighted by atomic mass is 9.43. The molecular weight excluding hydrogens is 218 g/mol. The molecule has 18 heavy (non-hydrogen) atoms. The minimum Gasteiger partial charge on any atom is -0.325 e. The van der Waals surface area contributed by atoms with E-state index >= 15 is 0 Å². The van der Waals surface area contributed by atoms with Crippen LogP contribution in [-0.2, 0) is 0 Å². The van der Waals surface area contributed by atoms with Crippen LogP contribution in [0.15, 0.2) is 0 Å². The van der Waals surface area contributed by atoms with Crippen molar-refractivity contribution in [1.29, 1.82) is 0 Å². The summed E-state index contributed by atoms with van der Waals surface area (Å²) in [6.07, 6.45) is 8.96. The molecule has 0 aromatic carbocycles. The Morgan fingerprint density at radius 2 is 1.67 bits per heavy atom. The van der Waals surface area contributed by atoms with Gasteiger partial charge in [-0.25, -0.2) is 0 Å². The maximum atomic E-state index is 6.51. The summed E-state index contributed by atoms with van der Waals surface area (Å²) in [5, 5.41) is 0. The van der Waals surface area contributed by atoms with Crippen LogP contribution in [0.5, 0.6) is 0 Å². The van der Waals surface area contributed by atoms with Crippen molar-refractivity contribution in [3.05, 3.63) is 0 Å². The topological polar surface area (TPSA) is 26.0 Å². The third-order valence-corrected chi connectivity index (χ3v) is 6.10. The third kappa shape index (κ3) is 2.03. The minimum absolute atomic E-state index is 0.0433. The van der Waals surface area contributed by atoms with Crippen molar-refractivity contribution in [2.75, 3.05) is 0 Å². The second-order valence-electron chi connectivity index (χ2n) is 8.92. The molecule has 0 heterocycles. The van der Waals surface area contributed by atoms with E-state index in [0.29, 0.717) is 5.41 Å².